The second-order valence-corrected chi connectivity index (χ2v) is 8.32. The van der Waals surface area contributed by atoms with Gasteiger partial charge in [-0.25, -0.2) is 0 Å². The normalized spacial score (nSPS) is 13.2. The predicted octanol–water partition coefficient (Wildman–Crippen LogP) is 5.04. The molecule has 0 radical (unpaired) electrons. The number of nitro benzene ring substituents is 1. The van der Waals surface area contributed by atoms with Crippen LogP contribution >= 0.6 is 0 Å². The number of nitro groups is 1. The molecule has 3 aromatic carbocycles. The zero-order valence-corrected chi connectivity index (χ0v) is 18.7. The first-order valence-corrected chi connectivity index (χ1v) is 11.3. The van der Waals surface area contributed by atoms with Gasteiger partial charge in [-0.1, -0.05) is 55.8 Å². The van der Waals surface area contributed by atoms with Crippen LogP contribution in [0, 0.1) is 10.1 Å². The number of benzene rings is 3. The number of carbonyl (C=O) groups is 2. The van der Waals surface area contributed by atoms with Crippen molar-refractivity contribution < 1.29 is 14.5 Å². The zero-order chi connectivity index (χ0) is 23.4. The van der Waals surface area contributed by atoms with Gasteiger partial charge in [0.1, 0.15) is 0 Å². The van der Waals surface area contributed by atoms with Gasteiger partial charge in [0, 0.05) is 25.2 Å². The predicted molar refractivity (Wildman–Crippen MR) is 127 cm³/mol. The molecule has 0 saturated carbocycles. The molecule has 0 aliphatic carbocycles. The van der Waals surface area contributed by atoms with E-state index in [1.165, 1.54) is 39.4 Å². The van der Waals surface area contributed by atoms with Crippen molar-refractivity contribution >= 4 is 28.3 Å². The smallest absolute Gasteiger partial charge is 0.270 e. The molecule has 170 valence electrons. The molecule has 3 aromatic rings. The van der Waals surface area contributed by atoms with Crippen LogP contribution in [0.25, 0.3) is 10.8 Å². The van der Waals surface area contributed by atoms with Gasteiger partial charge in [0.2, 0.25) is 0 Å². The molecular formula is C26H27N3O4. The third-order valence-electron chi connectivity index (χ3n) is 6.24. The van der Waals surface area contributed by atoms with Gasteiger partial charge in [-0.3, -0.25) is 29.5 Å². The van der Waals surface area contributed by atoms with Crippen LogP contribution in [0.1, 0.15) is 52.5 Å². The number of fused-ring (bicyclic) bond motifs is 2. The Morgan fingerprint density at radius 1 is 0.909 bits per heavy atom. The van der Waals surface area contributed by atoms with Crippen molar-refractivity contribution in [2.75, 3.05) is 19.6 Å². The first-order chi connectivity index (χ1) is 16.0. The lowest BCUT2D eigenvalue weighted by atomic mass is 10.0. The molecule has 7 nitrogen and oxygen atoms in total. The van der Waals surface area contributed by atoms with Gasteiger partial charge in [0.15, 0.2) is 0 Å². The minimum absolute atomic E-state index is 0.126. The van der Waals surface area contributed by atoms with Crippen LogP contribution in [0.2, 0.25) is 0 Å². The number of imide groups is 1. The minimum Gasteiger partial charge on any atom is -0.299 e. The summed E-state index contributed by atoms with van der Waals surface area (Å²) in [4.78, 5) is 39.2. The number of rotatable bonds is 10. The molecule has 1 aliphatic heterocycles. The molecule has 33 heavy (non-hydrogen) atoms. The number of nitrogens with zero attached hydrogens (tertiary/aromatic N) is 3. The molecular weight excluding hydrogens is 418 g/mol. The molecule has 0 N–H and O–H groups in total. The minimum atomic E-state index is -0.557. The van der Waals surface area contributed by atoms with Crippen LogP contribution < -0.4 is 0 Å². The van der Waals surface area contributed by atoms with Crippen LogP contribution in [-0.4, -0.2) is 46.2 Å². The second-order valence-electron chi connectivity index (χ2n) is 8.32. The summed E-state index contributed by atoms with van der Waals surface area (Å²) < 4.78 is 0. The van der Waals surface area contributed by atoms with Gasteiger partial charge in [-0.05, 0) is 48.3 Å². The topological polar surface area (TPSA) is 83.8 Å². The summed E-state index contributed by atoms with van der Waals surface area (Å²) in [6.07, 6.45) is 2.56. The van der Waals surface area contributed by atoms with E-state index in [1.54, 1.807) is 0 Å². The molecule has 7 heteroatoms. The van der Waals surface area contributed by atoms with E-state index in [9.17, 15) is 19.7 Å². The summed E-state index contributed by atoms with van der Waals surface area (Å²) in [6.45, 7) is 5.25. The second kappa shape index (κ2) is 9.92. The highest BCUT2D eigenvalue weighted by Crippen LogP contribution is 2.27. The number of amides is 2. The van der Waals surface area contributed by atoms with Crippen molar-refractivity contribution in [3.05, 3.63) is 87.5 Å². The highest BCUT2D eigenvalue weighted by molar-refractivity contribution is 6.21. The number of unbranched alkanes of at least 4 members (excludes halogenated alkanes) is 2. The first-order valence-electron chi connectivity index (χ1n) is 11.3. The number of carbonyl (C=O) groups excluding carboxylic acids is 2. The molecule has 0 atom stereocenters. The van der Waals surface area contributed by atoms with Crippen LogP contribution in [0.3, 0.4) is 0 Å². The number of hydrogen-bond donors (Lipinski definition) is 0. The zero-order valence-electron chi connectivity index (χ0n) is 18.7. The fourth-order valence-corrected chi connectivity index (χ4v) is 4.40. The fourth-order valence-electron chi connectivity index (χ4n) is 4.40. The Bertz CT molecular complexity index is 1200. The van der Waals surface area contributed by atoms with Crippen molar-refractivity contribution in [1.82, 2.24) is 9.80 Å². The van der Waals surface area contributed by atoms with E-state index < -0.39 is 10.8 Å². The number of hydrogen-bond acceptors (Lipinski definition) is 5. The van der Waals surface area contributed by atoms with Gasteiger partial charge < -0.3 is 0 Å². The van der Waals surface area contributed by atoms with Crippen LogP contribution in [0.5, 0.6) is 0 Å². The Labute approximate surface area is 192 Å². The third kappa shape index (κ3) is 4.78. The van der Waals surface area contributed by atoms with E-state index in [-0.39, 0.29) is 22.7 Å². The maximum Gasteiger partial charge on any atom is 0.270 e. The third-order valence-corrected chi connectivity index (χ3v) is 6.24. The van der Waals surface area contributed by atoms with Crippen LogP contribution in [-0.2, 0) is 6.54 Å². The Balaban J connectivity index is 1.28. The first kappa shape index (κ1) is 22.6. The lowest BCUT2D eigenvalue weighted by molar-refractivity contribution is -0.384. The van der Waals surface area contributed by atoms with E-state index >= 15 is 0 Å². The van der Waals surface area contributed by atoms with Crippen LogP contribution in [0.4, 0.5) is 5.69 Å². The Hall–Kier alpha value is -3.58. The quantitative estimate of drug-likeness (QED) is 0.189. The highest BCUT2D eigenvalue weighted by Gasteiger charge is 2.36. The van der Waals surface area contributed by atoms with Gasteiger partial charge in [0.25, 0.3) is 17.5 Å². The summed E-state index contributed by atoms with van der Waals surface area (Å²) in [5.41, 5.74) is 1.51. The molecule has 1 heterocycles. The molecule has 1 aliphatic rings. The lowest BCUT2D eigenvalue weighted by Crippen LogP contribution is -2.31. The monoisotopic (exact) mass is 445 g/mol. The van der Waals surface area contributed by atoms with E-state index in [0.29, 0.717) is 13.0 Å². The Morgan fingerprint density at radius 3 is 2.45 bits per heavy atom. The molecule has 2 amide bonds. The molecule has 0 unspecified atom stereocenters. The van der Waals surface area contributed by atoms with Crippen molar-refractivity contribution in [3.63, 3.8) is 0 Å². The van der Waals surface area contributed by atoms with Crippen molar-refractivity contribution in [2.24, 2.45) is 0 Å². The summed E-state index contributed by atoms with van der Waals surface area (Å²) in [6, 6.07) is 18.7. The number of non-ortho nitro benzene ring substituents is 1. The molecule has 0 fully saturated rings. The summed E-state index contributed by atoms with van der Waals surface area (Å²) >= 11 is 0. The average molecular weight is 446 g/mol. The van der Waals surface area contributed by atoms with Gasteiger partial charge in [0.05, 0.1) is 16.1 Å². The molecule has 0 saturated heterocycles. The largest absolute Gasteiger partial charge is 0.299 e. The fraction of sp³-hybridized carbons (Fsp3) is 0.308. The van der Waals surface area contributed by atoms with E-state index in [4.69, 9.17) is 0 Å². The summed E-state index contributed by atoms with van der Waals surface area (Å²) in [5.74, 6) is -0.805. The van der Waals surface area contributed by atoms with Crippen molar-refractivity contribution in [2.45, 2.75) is 32.7 Å². The standard InChI is InChI=1S/C26H27N3O4/c1-2-27(18-20-11-8-10-19-9-4-5-12-22(19)20)15-6-3-7-16-28-25(30)23-14-13-21(29(32)33)17-24(23)26(28)31/h4-5,8-14,17H,2-3,6-7,15-16,18H2,1H3. The van der Waals surface area contributed by atoms with Crippen LogP contribution in [0.15, 0.2) is 60.7 Å². The Morgan fingerprint density at radius 2 is 1.67 bits per heavy atom. The van der Waals surface area contributed by atoms with Gasteiger partial charge in [-0.15, -0.1) is 0 Å². The maximum atomic E-state index is 12.6. The summed E-state index contributed by atoms with van der Waals surface area (Å²) in [5, 5.41) is 13.5. The SMILES string of the molecule is CCN(CCCCCN1C(=O)c2ccc([N+](=O)[O-])cc2C1=O)Cc1cccc2ccccc12. The molecule has 0 aromatic heterocycles. The average Bonchev–Trinajstić information content (AvgIpc) is 3.07. The van der Waals surface area contributed by atoms with Crippen molar-refractivity contribution in [3.8, 4) is 0 Å². The summed E-state index contributed by atoms with van der Waals surface area (Å²) in [7, 11) is 0. The highest BCUT2D eigenvalue weighted by atomic mass is 16.6. The lowest BCUT2D eigenvalue weighted by Gasteiger charge is -2.21. The van der Waals surface area contributed by atoms with Gasteiger partial charge in [-0.2, -0.15) is 0 Å². The molecule has 4 rings (SSSR count). The van der Waals surface area contributed by atoms with E-state index in [1.807, 2.05) is 0 Å². The van der Waals surface area contributed by atoms with Crippen molar-refractivity contribution in [1.29, 1.82) is 0 Å². The Kier molecular flexibility index (Phi) is 6.79. The maximum absolute atomic E-state index is 12.6. The van der Waals surface area contributed by atoms with E-state index in [2.05, 4.69) is 54.3 Å². The molecule has 0 spiro atoms. The van der Waals surface area contributed by atoms with Gasteiger partial charge >= 0.3 is 0 Å². The molecule has 0 bridgehead atoms. The van der Waals surface area contributed by atoms with E-state index in [0.717, 1.165) is 32.5 Å².